The molecule has 1 unspecified atom stereocenters. The third kappa shape index (κ3) is 3.04. The van der Waals surface area contributed by atoms with Gasteiger partial charge in [-0.2, -0.15) is 5.26 Å². The van der Waals surface area contributed by atoms with Gasteiger partial charge in [0, 0.05) is 6.54 Å². The quantitative estimate of drug-likeness (QED) is 0.783. The van der Waals surface area contributed by atoms with Gasteiger partial charge < -0.3 is 4.90 Å². The number of halogens is 1. The average Bonchev–Trinajstić information content (AvgIpc) is 2.29. The lowest BCUT2D eigenvalue weighted by atomic mass is 9.91. The topological polar surface area (TPSA) is 27.0 Å². The highest BCUT2D eigenvalue weighted by Gasteiger charge is 2.17. The number of nitrogens with zero attached hydrogens (tertiary/aromatic N) is 2. The van der Waals surface area contributed by atoms with E-state index in [4.69, 9.17) is 5.26 Å². The molecular weight excluding hydrogens is 215 g/mol. The van der Waals surface area contributed by atoms with Gasteiger partial charge >= 0.3 is 0 Å². The molecule has 2 nitrogen and oxygen atoms in total. The van der Waals surface area contributed by atoms with E-state index in [1.54, 1.807) is 6.07 Å². The molecule has 0 aliphatic carbocycles. The van der Waals surface area contributed by atoms with Crippen molar-refractivity contribution in [3.05, 3.63) is 35.1 Å². The van der Waals surface area contributed by atoms with Gasteiger partial charge in [0.2, 0.25) is 0 Å². The molecule has 0 N–H and O–H groups in total. The summed E-state index contributed by atoms with van der Waals surface area (Å²) in [5.41, 5.74) is 1.14. The molecule has 1 fully saturated rings. The fraction of sp³-hybridized carbons (Fsp3) is 0.500. The third-order valence-corrected chi connectivity index (χ3v) is 3.40. The van der Waals surface area contributed by atoms with Gasteiger partial charge in [-0.25, -0.2) is 4.39 Å². The Labute approximate surface area is 102 Å². The highest BCUT2D eigenvalue weighted by Crippen LogP contribution is 2.21. The minimum absolute atomic E-state index is 0.134. The first-order chi connectivity index (χ1) is 8.19. The fourth-order valence-electron chi connectivity index (χ4n) is 2.55. The first kappa shape index (κ1) is 12.1. The SMILES string of the molecule is CN1CCCC(Cc2ccc(C#N)c(F)c2)C1. The molecule has 0 saturated carbocycles. The summed E-state index contributed by atoms with van der Waals surface area (Å²) in [6.45, 7) is 2.25. The number of nitriles is 1. The zero-order valence-corrected chi connectivity index (χ0v) is 10.1. The molecule has 1 atom stereocenters. The van der Waals surface area contributed by atoms with Gasteiger partial charge in [-0.1, -0.05) is 6.07 Å². The van der Waals surface area contributed by atoms with Gasteiger partial charge in [0.1, 0.15) is 11.9 Å². The average molecular weight is 232 g/mol. The van der Waals surface area contributed by atoms with E-state index >= 15 is 0 Å². The lowest BCUT2D eigenvalue weighted by molar-refractivity contribution is 0.209. The van der Waals surface area contributed by atoms with Gasteiger partial charge in [-0.05, 0) is 56.5 Å². The van der Waals surface area contributed by atoms with Gasteiger partial charge in [-0.3, -0.25) is 0 Å². The second kappa shape index (κ2) is 5.29. The molecular formula is C14H17FN2. The number of piperidine rings is 1. The fourth-order valence-corrected chi connectivity index (χ4v) is 2.55. The minimum Gasteiger partial charge on any atom is -0.306 e. The van der Waals surface area contributed by atoms with Crippen molar-refractivity contribution >= 4 is 0 Å². The molecule has 0 spiro atoms. The van der Waals surface area contributed by atoms with Crippen molar-refractivity contribution in [1.29, 1.82) is 5.26 Å². The summed E-state index contributed by atoms with van der Waals surface area (Å²) in [6.07, 6.45) is 3.35. The lowest BCUT2D eigenvalue weighted by Gasteiger charge is -2.29. The van der Waals surface area contributed by atoms with Gasteiger partial charge in [-0.15, -0.1) is 0 Å². The molecule has 3 heteroatoms. The molecule has 0 aromatic heterocycles. The summed E-state index contributed by atoms with van der Waals surface area (Å²) >= 11 is 0. The second-order valence-electron chi connectivity index (χ2n) is 4.90. The Morgan fingerprint density at radius 1 is 1.53 bits per heavy atom. The van der Waals surface area contributed by atoms with E-state index in [1.165, 1.54) is 18.9 Å². The maximum atomic E-state index is 13.4. The number of benzene rings is 1. The normalized spacial score (nSPS) is 21.1. The number of rotatable bonds is 2. The van der Waals surface area contributed by atoms with Crippen LogP contribution in [-0.2, 0) is 6.42 Å². The Balaban J connectivity index is 2.04. The highest BCUT2D eigenvalue weighted by molar-refractivity contribution is 5.33. The predicted octanol–water partition coefficient (Wildman–Crippen LogP) is 2.58. The maximum Gasteiger partial charge on any atom is 0.141 e. The van der Waals surface area contributed by atoms with Crippen LogP contribution in [0.1, 0.15) is 24.0 Å². The number of hydrogen-bond acceptors (Lipinski definition) is 2. The largest absolute Gasteiger partial charge is 0.306 e. The number of hydrogen-bond donors (Lipinski definition) is 0. The highest BCUT2D eigenvalue weighted by atomic mass is 19.1. The molecule has 0 bridgehead atoms. The van der Waals surface area contributed by atoms with Crippen LogP contribution >= 0.6 is 0 Å². The van der Waals surface area contributed by atoms with Crippen molar-refractivity contribution in [3.8, 4) is 6.07 Å². The summed E-state index contributed by atoms with van der Waals surface area (Å²) in [5, 5.41) is 8.67. The zero-order valence-electron chi connectivity index (χ0n) is 10.1. The first-order valence-corrected chi connectivity index (χ1v) is 6.06. The third-order valence-electron chi connectivity index (χ3n) is 3.40. The van der Waals surface area contributed by atoms with E-state index < -0.39 is 5.82 Å². The standard InChI is InChI=1S/C14H17FN2/c1-17-6-2-3-12(10-17)7-11-4-5-13(9-16)14(15)8-11/h4-5,8,12H,2-3,6-7,10H2,1H3. The van der Waals surface area contributed by atoms with E-state index in [1.807, 2.05) is 12.1 Å². The molecule has 1 aromatic rings. The molecule has 17 heavy (non-hydrogen) atoms. The predicted molar refractivity (Wildman–Crippen MR) is 65.0 cm³/mol. The van der Waals surface area contributed by atoms with Gasteiger partial charge in [0.25, 0.3) is 0 Å². The summed E-state index contributed by atoms with van der Waals surface area (Å²) < 4.78 is 13.4. The van der Waals surface area contributed by atoms with Crippen LogP contribution < -0.4 is 0 Å². The molecule has 0 radical (unpaired) electrons. The summed E-state index contributed by atoms with van der Waals surface area (Å²) in [5.74, 6) is 0.218. The van der Waals surface area contributed by atoms with Crippen molar-refractivity contribution in [2.75, 3.05) is 20.1 Å². The summed E-state index contributed by atoms with van der Waals surface area (Å²) in [4.78, 5) is 2.33. The second-order valence-corrected chi connectivity index (χ2v) is 4.90. The van der Waals surface area contributed by atoms with Crippen molar-refractivity contribution < 1.29 is 4.39 Å². The Hall–Kier alpha value is -1.40. The molecule has 2 rings (SSSR count). The molecule has 1 aliphatic heterocycles. The van der Waals surface area contributed by atoms with E-state index in [9.17, 15) is 4.39 Å². The lowest BCUT2D eigenvalue weighted by Crippen LogP contribution is -2.32. The Bertz CT molecular complexity index is 436. The van der Waals surface area contributed by atoms with Crippen LogP contribution in [0.4, 0.5) is 4.39 Å². The van der Waals surface area contributed by atoms with Crippen molar-refractivity contribution in [2.24, 2.45) is 5.92 Å². The van der Waals surface area contributed by atoms with Crippen molar-refractivity contribution in [2.45, 2.75) is 19.3 Å². The van der Waals surface area contributed by atoms with E-state index in [0.717, 1.165) is 25.1 Å². The van der Waals surface area contributed by atoms with Crippen LogP contribution in [0.3, 0.4) is 0 Å². The molecule has 0 amide bonds. The molecule has 1 saturated heterocycles. The zero-order chi connectivity index (χ0) is 12.3. The van der Waals surface area contributed by atoms with E-state index in [0.29, 0.717) is 5.92 Å². The van der Waals surface area contributed by atoms with Crippen molar-refractivity contribution in [3.63, 3.8) is 0 Å². The molecule has 1 aromatic carbocycles. The monoisotopic (exact) mass is 232 g/mol. The van der Waals surface area contributed by atoms with Crippen LogP contribution in [0.5, 0.6) is 0 Å². The van der Waals surface area contributed by atoms with Gasteiger partial charge in [0.05, 0.1) is 5.56 Å². The first-order valence-electron chi connectivity index (χ1n) is 6.06. The van der Waals surface area contributed by atoms with Crippen LogP contribution in [0.2, 0.25) is 0 Å². The minimum atomic E-state index is -0.394. The smallest absolute Gasteiger partial charge is 0.141 e. The Morgan fingerprint density at radius 2 is 2.35 bits per heavy atom. The van der Waals surface area contributed by atoms with Gasteiger partial charge in [0.15, 0.2) is 0 Å². The summed E-state index contributed by atoms with van der Waals surface area (Å²) in [6, 6.07) is 6.81. The van der Waals surface area contributed by atoms with E-state index in [-0.39, 0.29) is 5.56 Å². The molecule has 90 valence electrons. The Kier molecular flexibility index (Phi) is 3.75. The molecule has 1 heterocycles. The van der Waals surface area contributed by atoms with Crippen LogP contribution in [0.15, 0.2) is 18.2 Å². The van der Waals surface area contributed by atoms with Crippen LogP contribution in [-0.4, -0.2) is 25.0 Å². The maximum absolute atomic E-state index is 13.4. The Morgan fingerprint density at radius 3 is 3.00 bits per heavy atom. The van der Waals surface area contributed by atoms with Crippen molar-refractivity contribution in [1.82, 2.24) is 4.90 Å². The van der Waals surface area contributed by atoms with Crippen LogP contribution in [0, 0.1) is 23.1 Å². The number of likely N-dealkylation sites (tertiary alicyclic amines) is 1. The van der Waals surface area contributed by atoms with E-state index in [2.05, 4.69) is 11.9 Å². The van der Waals surface area contributed by atoms with Crippen LogP contribution in [0.25, 0.3) is 0 Å². The molecule has 1 aliphatic rings. The summed E-state index contributed by atoms with van der Waals surface area (Å²) in [7, 11) is 2.13.